The maximum absolute atomic E-state index is 6.43. The quantitative estimate of drug-likeness (QED) is 0.744. The van der Waals surface area contributed by atoms with Crippen molar-refractivity contribution in [3.05, 3.63) is 46.5 Å². The van der Waals surface area contributed by atoms with Crippen molar-refractivity contribution < 1.29 is 14.2 Å². The van der Waals surface area contributed by atoms with Crippen molar-refractivity contribution in [3.63, 3.8) is 0 Å². The van der Waals surface area contributed by atoms with E-state index >= 15 is 0 Å². The van der Waals surface area contributed by atoms with Crippen LogP contribution >= 0.6 is 11.6 Å². The predicted molar refractivity (Wildman–Crippen MR) is 110 cm³/mol. The van der Waals surface area contributed by atoms with Crippen LogP contribution in [0.15, 0.2) is 30.3 Å². The summed E-state index contributed by atoms with van der Waals surface area (Å²) >= 11 is 6.43. The number of benzene rings is 2. The molecule has 2 aromatic carbocycles. The third-order valence-electron chi connectivity index (χ3n) is 4.95. The molecular weight excluding hydrogens is 364 g/mol. The van der Waals surface area contributed by atoms with Gasteiger partial charge < -0.3 is 19.1 Å². The molecule has 0 N–H and O–H groups in total. The number of nitrogens with zero attached hydrogens (tertiary/aromatic N) is 2. The molecular formula is C21H27ClN2O3. The molecule has 0 radical (unpaired) electrons. The fourth-order valence-corrected chi connectivity index (χ4v) is 3.85. The molecule has 1 aliphatic heterocycles. The number of hydrogen-bond acceptors (Lipinski definition) is 5. The van der Waals surface area contributed by atoms with Crippen LogP contribution in [0.2, 0.25) is 5.02 Å². The highest BCUT2D eigenvalue weighted by Gasteiger charge is 2.20. The van der Waals surface area contributed by atoms with Gasteiger partial charge in [-0.3, -0.25) is 4.90 Å². The van der Waals surface area contributed by atoms with E-state index in [0.29, 0.717) is 17.2 Å². The zero-order chi connectivity index (χ0) is 19.4. The largest absolute Gasteiger partial charge is 0.493 e. The Morgan fingerprint density at radius 3 is 2.04 bits per heavy atom. The molecule has 0 aliphatic carbocycles. The van der Waals surface area contributed by atoms with Crippen molar-refractivity contribution in [1.82, 2.24) is 4.90 Å². The van der Waals surface area contributed by atoms with Crippen LogP contribution in [0.4, 0.5) is 5.69 Å². The van der Waals surface area contributed by atoms with Gasteiger partial charge in [0.05, 0.1) is 32.0 Å². The Kier molecular flexibility index (Phi) is 6.34. The van der Waals surface area contributed by atoms with Gasteiger partial charge >= 0.3 is 0 Å². The van der Waals surface area contributed by atoms with Crippen molar-refractivity contribution in [3.8, 4) is 17.2 Å². The van der Waals surface area contributed by atoms with Gasteiger partial charge in [-0.05, 0) is 42.3 Å². The summed E-state index contributed by atoms with van der Waals surface area (Å²) in [6, 6.07) is 10.3. The highest BCUT2D eigenvalue weighted by Crippen LogP contribution is 2.38. The van der Waals surface area contributed by atoms with Gasteiger partial charge in [-0.1, -0.05) is 17.7 Å². The van der Waals surface area contributed by atoms with Crippen molar-refractivity contribution in [2.24, 2.45) is 0 Å². The molecule has 2 aromatic rings. The number of aryl methyl sites for hydroxylation is 1. The molecule has 6 heteroatoms. The van der Waals surface area contributed by atoms with Gasteiger partial charge in [0.25, 0.3) is 0 Å². The summed E-state index contributed by atoms with van der Waals surface area (Å²) in [5, 5.41) is 0.827. The van der Waals surface area contributed by atoms with Crippen LogP contribution in [0.1, 0.15) is 11.1 Å². The van der Waals surface area contributed by atoms with Gasteiger partial charge in [-0.25, -0.2) is 0 Å². The number of halogens is 1. The first-order valence-electron chi connectivity index (χ1n) is 9.08. The van der Waals surface area contributed by atoms with E-state index in [2.05, 4.69) is 28.9 Å². The Hall–Kier alpha value is -2.11. The summed E-state index contributed by atoms with van der Waals surface area (Å²) < 4.78 is 16.3. The van der Waals surface area contributed by atoms with Crippen LogP contribution in [0.25, 0.3) is 0 Å². The van der Waals surface area contributed by atoms with E-state index in [0.717, 1.165) is 49.0 Å². The van der Waals surface area contributed by atoms with E-state index in [9.17, 15) is 0 Å². The summed E-state index contributed by atoms with van der Waals surface area (Å²) in [4.78, 5) is 4.78. The maximum Gasteiger partial charge on any atom is 0.203 e. The van der Waals surface area contributed by atoms with Gasteiger partial charge in [0.15, 0.2) is 11.5 Å². The van der Waals surface area contributed by atoms with E-state index in [1.807, 2.05) is 18.2 Å². The lowest BCUT2D eigenvalue weighted by Crippen LogP contribution is -2.46. The number of hydrogen-bond donors (Lipinski definition) is 0. The molecule has 0 amide bonds. The SMILES string of the molecule is COc1cc(CN2CCN(c3ccc(C)cc3Cl)CC2)cc(OC)c1OC. The number of piperazine rings is 1. The highest BCUT2D eigenvalue weighted by molar-refractivity contribution is 6.33. The maximum atomic E-state index is 6.43. The molecule has 1 saturated heterocycles. The van der Waals surface area contributed by atoms with E-state index in [1.54, 1.807) is 21.3 Å². The highest BCUT2D eigenvalue weighted by atomic mass is 35.5. The molecule has 0 unspecified atom stereocenters. The Balaban J connectivity index is 1.67. The topological polar surface area (TPSA) is 34.2 Å². The lowest BCUT2D eigenvalue weighted by atomic mass is 10.1. The molecule has 1 heterocycles. The number of methoxy groups -OCH3 is 3. The first kappa shape index (κ1) is 19.6. The molecule has 0 spiro atoms. The monoisotopic (exact) mass is 390 g/mol. The second-order valence-electron chi connectivity index (χ2n) is 6.75. The van der Waals surface area contributed by atoms with Gasteiger partial charge in [0.1, 0.15) is 0 Å². The zero-order valence-corrected chi connectivity index (χ0v) is 17.2. The van der Waals surface area contributed by atoms with E-state index in [-0.39, 0.29) is 0 Å². The molecule has 3 rings (SSSR count). The minimum Gasteiger partial charge on any atom is -0.493 e. The minimum atomic E-state index is 0.627. The number of anilines is 1. The number of rotatable bonds is 6. The van der Waals surface area contributed by atoms with Crippen molar-refractivity contribution in [1.29, 1.82) is 0 Å². The van der Waals surface area contributed by atoms with E-state index in [1.165, 1.54) is 5.56 Å². The molecule has 1 aliphatic rings. The summed E-state index contributed by atoms with van der Waals surface area (Å²) in [5.74, 6) is 2.01. The first-order chi connectivity index (χ1) is 13.0. The lowest BCUT2D eigenvalue weighted by Gasteiger charge is -2.36. The normalized spacial score (nSPS) is 14.9. The molecule has 0 bridgehead atoms. The van der Waals surface area contributed by atoms with Gasteiger partial charge in [-0.2, -0.15) is 0 Å². The molecule has 27 heavy (non-hydrogen) atoms. The molecule has 5 nitrogen and oxygen atoms in total. The molecule has 1 fully saturated rings. The third kappa shape index (κ3) is 4.42. The lowest BCUT2D eigenvalue weighted by molar-refractivity contribution is 0.248. The van der Waals surface area contributed by atoms with Crippen LogP contribution in [-0.2, 0) is 6.54 Å². The fourth-order valence-electron chi connectivity index (χ4n) is 3.50. The minimum absolute atomic E-state index is 0.627. The fraction of sp³-hybridized carbons (Fsp3) is 0.429. The molecule has 146 valence electrons. The summed E-state index contributed by atoms with van der Waals surface area (Å²) in [5.41, 5.74) is 3.45. The number of ether oxygens (including phenoxy) is 3. The standard InChI is InChI=1S/C21H27ClN2O3/c1-15-5-6-18(17(22)11-15)24-9-7-23(8-10-24)14-16-12-19(25-2)21(27-4)20(13-16)26-3/h5-6,11-13H,7-10,14H2,1-4H3. The summed E-state index contributed by atoms with van der Waals surface area (Å²) in [6.45, 7) is 6.75. The molecule has 0 aromatic heterocycles. The molecule has 0 saturated carbocycles. The molecule has 0 atom stereocenters. The van der Waals surface area contributed by atoms with Crippen molar-refractivity contribution in [2.75, 3.05) is 52.4 Å². The smallest absolute Gasteiger partial charge is 0.203 e. The van der Waals surface area contributed by atoms with Crippen LogP contribution in [0.5, 0.6) is 17.2 Å². The van der Waals surface area contributed by atoms with Gasteiger partial charge in [0.2, 0.25) is 5.75 Å². The van der Waals surface area contributed by atoms with Crippen LogP contribution in [0, 0.1) is 6.92 Å². The predicted octanol–water partition coefficient (Wildman–Crippen LogP) is 4.00. The van der Waals surface area contributed by atoms with Crippen LogP contribution < -0.4 is 19.1 Å². The summed E-state index contributed by atoms with van der Waals surface area (Å²) in [6.07, 6.45) is 0. The van der Waals surface area contributed by atoms with Gasteiger partial charge in [0, 0.05) is 32.7 Å². The Bertz CT molecular complexity index is 764. The Morgan fingerprint density at radius 1 is 0.889 bits per heavy atom. The third-order valence-corrected chi connectivity index (χ3v) is 5.25. The second-order valence-corrected chi connectivity index (χ2v) is 7.16. The van der Waals surface area contributed by atoms with Crippen LogP contribution in [-0.4, -0.2) is 52.4 Å². The second kappa shape index (κ2) is 8.72. The summed E-state index contributed by atoms with van der Waals surface area (Å²) in [7, 11) is 4.91. The Labute approximate surface area is 166 Å². The van der Waals surface area contributed by atoms with Crippen LogP contribution in [0.3, 0.4) is 0 Å². The zero-order valence-electron chi connectivity index (χ0n) is 16.4. The van der Waals surface area contributed by atoms with Crippen molar-refractivity contribution in [2.45, 2.75) is 13.5 Å². The van der Waals surface area contributed by atoms with E-state index in [4.69, 9.17) is 25.8 Å². The van der Waals surface area contributed by atoms with Crippen molar-refractivity contribution >= 4 is 17.3 Å². The average molecular weight is 391 g/mol. The Morgan fingerprint density at radius 2 is 1.52 bits per heavy atom. The van der Waals surface area contributed by atoms with Gasteiger partial charge in [-0.15, -0.1) is 0 Å². The first-order valence-corrected chi connectivity index (χ1v) is 9.46. The average Bonchev–Trinajstić information content (AvgIpc) is 2.68. The van der Waals surface area contributed by atoms with E-state index < -0.39 is 0 Å².